The smallest absolute Gasteiger partial charge is 0.331 e. The molecule has 0 saturated heterocycles. The van der Waals surface area contributed by atoms with Crippen molar-refractivity contribution in [3.63, 3.8) is 0 Å². The Balaban J connectivity index is 1.79. The number of hydrogen-bond donors (Lipinski definition) is 2. The molecule has 0 fully saturated rings. The first kappa shape index (κ1) is 19.6. The fourth-order valence-corrected chi connectivity index (χ4v) is 3.37. The Morgan fingerprint density at radius 2 is 2.04 bits per heavy atom. The molecule has 3 aromatic rings. The lowest BCUT2D eigenvalue weighted by molar-refractivity contribution is -0.151. The molecule has 0 aliphatic carbocycles. The molecule has 0 spiro atoms. The first-order valence-corrected chi connectivity index (χ1v) is 9.32. The third kappa shape index (κ3) is 4.38. The van der Waals surface area contributed by atoms with Crippen LogP contribution in [0.25, 0.3) is 11.0 Å². The van der Waals surface area contributed by atoms with Crippen molar-refractivity contribution < 1.29 is 19.1 Å². The van der Waals surface area contributed by atoms with Gasteiger partial charge in [-0.3, -0.25) is 14.5 Å². The number of halogens is 1. The monoisotopic (exact) mass is 418 g/mol. The number of hydrogen-bond acceptors (Lipinski definition) is 6. The number of amides is 3. The maximum atomic E-state index is 12.4. The predicted octanol–water partition coefficient (Wildman–Crippen LogP) is 2.80. The minimum absolute atomic E-state index is 0.243. The molecule has 0 aliphatic heterocycles. The Hall–Kier alpha value is -3.17. The lowest BCUT2D eigenvalue weighted by atomic mass is 10.1. The lowest BCUT2D eigenvalue weighted by Gasteiger charge is -2.16. The van der Waals surface area contributed by atoms with Gasteiger partial charge in [0.15, 0.2) is 10.1 Å². The molecule has 1 atom stereocenters. The highest BCUT2D eigenvalue weighted by molar-refractivity contribution is 7.15. The molecule has 2 N–H and O–H groups in total. The first-order chi connectivity index (χ1) is 13.5. The maximum Gasteiger partial charge on any atom is 0.331 e. The summed E-state index contributed by atoms with van der Waals surface area (Å²) in [6.07, 6.45) is 3.08. The Morgan fingerprint density at radius 3 is 2.75 bits per heavy atom. The molecule has 8 nitrogen and oxygen atoms in total. The molecule has 2 aromatic heterocycles. The zero-order chi connectivity index (χ0) is 20.1. The van der Waals surface area contributed by atoms with Crippen LogP contribution in [0.3, 0.4) is 0 Å². The van der Waals surface area contributed by atoms with E-state index in [4.69, 9.17) is 16.3 Å². The highest BCUT2D eigenvalue weighted by Crippen LogP contribution is 2.23. The van der Waals surface area contributed by atoms with Gasteiger partial charge in [0.1, 0.15) is 0 Å². The van der Waals surface area contributed by atoms with Crippen LogP contribution in [-0.2, 0) is 14.3 Å². The zero-order valence-corrected chi connectivity index (χ0v) is 16.2. The van der Waals surface area contributed by atoms with E-state index in [1.807, 2.05) is 5.38 Å². The van der Waals surface area contributed by atoms with E-state index < -0.39 is 24.0 Å². The van der Waals surface area contributed by atoms with Gasteiger partial charge in [-0.2, -0.15) is 0 Å². The van der Waals surface area contributed by atoms with E-state index in [2.05, 4.69) is 15.6 Å². The molecule has 0 saturated carbocycles. The van der Waals surface area contributed by atoms with Crippen molar-refractivity contribution in [2.45, 2.75) is 6.10 Å². The SMILES string of the molecule is CNC(=O)NC(=O)[C@@H](OC(=O)/C=C/c1c(Cl)nc2sccn12)c1ccccc1. The van der Waals surface area contributed by atoms with Crippen molar-refractivity contribution in [3.05, 3.63) is 64.4 Å². The lowest BCUT2D eigenvalue weighted by Crippen LogP contribution is -2.41. The molecule has 0 aliphatic rings. The van der Waals surface area contributed by atoms with Crippen LogP contribution in [0.2, 0.25) is 5.15 Å². The Labute approximate surface area is 168 Å². The summed E-state index contributed by atoms with van der Waals surface area (Å²) >= 11 is 7.48. The summed E-state index contributed by atoms with van der Waals surface area (Å²) in [6, 6.07) is 7.68. The summed E-state index contributed by atoms with van der Waals surface area (Å²) in [6.45, 7) is 0. The number of imide groups is 1. The molecule has 10 heteroatoms. The maximum absolute atomic E-state index is 12.4. The normalized spacial score (nSPS) is 12.1. The quantitative estimate of drug-likeness (QED) is 0.490. The number of carbonyl (C=O) groups is 3. The van der Waals surface area contributed by atoms with E-state index >= 15 is 0 Å². The second kappa shape index (κ2) is 8.68. The third-order valence-corrected chi connectivity index (χ3v) is 4.70. The number of fused-ring (bicyclic) bond motifs is 1. The Kier molecular flexibility index (Phi) is 6.07. The Morgan fingerprint density at radius 1 is 1.29 bits per heavy atom. The van der Waals surface area contributed by atoms with E-state index in [1.54, 1.807) is 40.9 Å². The van der Waals surface area contributed by atoms with Crippen molar-refractivity contribution >= 4 is 51.9 Å². The fraction of sp³-hybridized carbons (Fsp3) is 0.111. The van der Waals surface area contributed by atoms with E-state index in [-0.39, 0.29) is 5.15 Å². The number of carbonyl (C=O) groups excluding carboxylic acids is 3. The first-order valence-electron chi connectivity index (χ1n) is 8.07. The minimum atomic E-state index is -1.29. The minimum Gasteiger partial charge on any atom is -0.444 e. The van der Waals surface area contributed by atoms with Crippen LogP contribution in [0.15, 0.2) is 48.0 Å². The van der Waals surface area contributed by atoms with Crippen LogP contribution in [0.4, 0.5) is 4.79 Å². The van der Waals surface area contributed by atoms with Gasteiger partial charge in [-0.1, -0.05) is 41.9 Å². The molecular formula is C18H15ClN4O4S. The topological polar surface area (TPSA) is 102 Å². The van der Waals surface area contributed by atoms with E-state index in [0.29, 0.717) is 16.2 Å². The van der Waals surface area contributed by atoms with Gasteiger partial charge in [0.2, 0.25) is 6.10 Å². The predicted molar refractivity (Wildman–Crippen MR) is 105 cm³/mol. The molecule has 144 valence electrons. The fourth-order valence-electron chi connectivity index (χ4n) is 2.37. The van der Waals surface area contributed by atoms with E-state index in [1.165, 1.54) is 24.5 Å². The number of aromatic nitrogens is 2. The summed E-state index contributed by atoms with van der Waals surface area (Å²) < 4.78 is 7.01. The second-order valence-electron chi connectivity index (χ2n) is 5.47. The zero-order valence-electron chi connectivity index (χ0n) is 14.6. The summed E-state index contributed by atoms with van der Waals surface area (Å²) in [5.74, 6) is -1.54. The number of benzene rings is 1. The van der Waals surface area contributed by atoms with E-state index in [9.17, 15) is 14.4 Å². The second-order valence-corrected chi connectivity index (χ2v) is 6.70. The van der Waals surface area contributed by atoms with Gasteiger partial charge in [-0.15, -0.1) is 11.3 Å². The molecule has 0 unspecified atom stereocenters. The van der Waals surface area contributed by atoms with Crippen molar-refractivity contribution in [2.75, 3.05) is 7.05 Å². The van der Waals surface area contributed by atoms with Crippen LogP contribution in [-0.4, -0.2) is 34.3 Å². The number of urea groups is 1. The van der Waals surface area contributed by atoms with Gasteiger partial charge in [0.05, 0.1) is 5.69 Å². The molecular weight excluding hydrogens is 404 g/mol. The summed E-state index contributed by atoms with van der Waals surface area (Å²) in [5, 5.41) is 6.46. The van der Waals surface area contributed by atoms with Gasteiger partial charge in [-0.05, 0) is 6.08 Å². The number of ether oxygens (including phenoxy) is 1. The molecule has 1 aromatic carbocycles. The van der Waals surface area contributed by atoms with Gasteiger partial charge in [0.25, 0.3) is 5.91 Å². The number of nitrogens with zero attached hydrogens (tertiary/aromatic N) is 2. The molecule has 3 amide bonds. The van der Waals surface area contributed by atoms with E-state index in [0.717, 1.165) is 6.08 Å². The van der Waals surface area contributed by atoms with Gasteiger partial charge >= 0.3 is 12.0 Å². The van der Waals surface area contributed by atoms with Crippen molar-refractivity contribution in [2.24, 2.45) is 0 Å². The van der Waals surface area contributed by atoms with Gasteiger partial charge in [-0.25, -0.2) is 14.6 Å². The average molecular weight is 419 g/mol. The highest BCUT2D eigenvalue weighted by atomic mass is 35.5. The van der Waals surface area contributed by atoms with Gasteiger partial charge < -0.3 is 10.1 Å². The summed E-state index contributed by atoms with van der Waals surface area (Å²) in [4.78, 5) is 41.0. The molecule has 28 heavy (non-hydrogen) atoms. The number of nitrogens with one attached hydrogen (secondary N) is 2. The number of thiazole rings is 1. The molecule has 0 bridgehead atoms. The van der Waals surface area contributed by atoms with Crippen molar-refractivity contribution in [1.29, 1.82) is 0 Å². The van der Waals surface area contributed by atoms with Crippen molar-refractivity contribution in [3.8, 4) is 0 Å². The number of imidazole rings is 1. The highest BCUT2D eigenvalue weighted by Gasteiger charge is 2.25. The van der Waals surface area contributed by atoms with Crippen LogP contribution in [0.5, 0.6) is 0 Å². The molecule has 3 rings (SSSR count). The van der Waals surface area contributed by atoms with Crippen molar-refractivity contribution in [1.82, 2.24) is 20.0 Å². The van der Waals surface area contributed by atoms with Crippen LogP contribution >= 0.6 is 22.9 Å². The number of esters is 1. The molecule has 2 heterocycles. The summed E-state index contributed by atoms with van der Waals surface area (Å²) in [7, 11) is 1.37. The average Bonchev–Trinajstić information content (AvgIpc) is 3.25. The molecule has 0 radical (unpaired) electrons. The van der Waals surface area contributed by atoms with Gasteiger partial charge in [0, 0.05) is 30.3 Å². The largest absolute Gasteiger partial charge is 0.444 e. The standard InChI is InChI=1S/C18H15ClN4O4S/c1-20-17(26)22-16(25)14(11-5-3-2-4-6-11)27-13(24)8-7-12-15(19)21-18-23(12)9-10-28-18/h2-10,14H,1H3,(H2,20,22,25,26)/b8-7+/t14-/m0/s1. The Bertz CT molecular complexity index is 1040. The van der Waals surface area contributed by atoms with Crippen LogP contribution in [0, 0.1) is 0 Å². The number of rotatable bonds is 5. The summed E-state index contributed by atoms with van der Waals surface area (Å²) in [5.41, 5.74) is 0.939. The third-order valence-electron chi connectivity index (χ3n) is 3.67. The van der Waals surface area contributed by atoms with Crippen LogP contribution in [0.1, 0.15) is 17.4 Å². The van der Waals surface area contributed by atoms with Crippen LogP contribution < -0.4 is 10.6 Å².